The summed E-state index contributed by atoms with van der Waals surface area (Å²) in [6.45, 7) is 2.76. The van der Waals surface area contributed by atoms with Crippen molar-refractivity contribution in [3.8, 4) is 6.07 Å². The molecule has 1 N–H and O–H groups in total. The van der Waals surface area contributed by atoms with E-state index in [9.17, 15) is 4.79 Å². The zero-order valence-corrected chi connectivity index (χ0v) is 14.4. The van der Waals surface area contributed by atoms with Gasteiger partial charge in [-0.3, -0.25) is 4.79 Å². The third-order valence-electron chi connectivity index (χ3n) is 3.75. The van der Waals surface area contributed by atoms with Gasteiger partial charge in [0.1, 0.15) is 16.9 Å². The maximum Gasteiger partial charge on any atom is 0.238 e. The number of thiophene rings is 1. The monoisotopic (exact) mass is 347 g/mol. The van der Waals surface area contributed by atoms with Crippen LogP contribution in [0.2, 0.25) is 0 Å². The van der Waals surface area contributed by atoms with Gasteiger partial charge in [-0.1, -0.05) is 18.2 Å². The number of nitrogens with one attached hydrogen (secondary N) is 1. The van der Waals surface area contributed by atoms with Gasteiger partial charge in [-0.05, 0) is 31.2 Å². The van der Waals surface area contributed by atoms with E-state index in [0.717, 1.165) is 36.8 Å². The molecule has 0 aliphatic carbocycles. The van der Waals surface area contributed by atoms with Gasteiger partial charge in [-0.2, -0.15) is 5.26 Å². The zero-order valence-electron chi connectivity index (χ0n) is 12.8. The Balaban J connectivity index is 1.67. The first kappa shape index (κ1) is 16.0. The van der Waals surface area contributed by atoms with Crippen LogP contribution >= 0.6 is 23.1 Å². The van der Waals surface area contributed by atoms with Crippen molar-refractivity contribution in [3.05, 3.63) is 22.8 Å². The van der Waals surface area contributed by atoms with Crippen LogP contribution in [0.4, 0.5) is 5.00 Å². The van der Waals surface area contributed by atoms with Crippen LogP contribution in [-0.4, -0.2) is 25.9 Å². The van der Waals surface area contributed by atoms with E-state index in [0.29, 0.717) is 10.6 Å². The van der Waals surface area contributed by atoms with Gasteiger partial charge in [-0.15, -0.1) is 21.5 Å². The van der Waals surface area contributed by atoms with Gasteiger partial charge < -0.3 is 9.88 Å². The molecule has 23 heavy (non-hydrogen) atoms. The van der Waals surface area contributed by atoms with Gasteiger partial charge in [0.2, 0.25) is 5.91 Å². The summed E-state index contributed by atoms with van der Waals surface area (Å²) in [5.41, 5.74) is 0.497. The fourth-order valence-electron chi connectivity index (χ4n) is 2.46. The lowest BCUT2D eigenvalue weighted by molar-refractivity contribution is -0.115. The Morgan fingerprint density at radius 1 is 1.48 bits per heavy atom. The van der Waals surface area contributed by atoms with Crippen molar-refractivity contribution in [2.75, 3.05) is 5.32 Å². The minimum Gasteiger partial charge on any atom is -0.316 e. The van der Waals surface area contributed by atoms with Crippen LogP contribution in [0.25, 0.3) is 0 Å². The predicted octanol–water partition coefficient (Wildman–Crippen LogP) is 3.06. The number of anilines is 1. The maximum atomic E-state index is 12.3. The van der Waals surface area contributed by atoms with E-state index >= 15 is 0 Å². The molecule has 0 unspecified atom stereocenters. The molecule has 1 aliphatic heterocycles. The minimum atomic E-state index is -0.305. The second kappa shape index (κ2) is 7.15. The molecule has 1 amide bonds. The number of hydrogen-bond donors (Lipinski definition) is 1. The van der Waals surface area contributed by atoms with Crippen molar-refractivity contribution in [2.24, 2.45) is 0 Å². The Morgan fingerprint density at radius 2 is 2.35 bits per heavy atom. The molecule has 0 saturated carbocycles. The Labute approximate surface area is 142 Å². The summed E-state index contributed by atoms with van der Waals surface area (Å²) in [7, 11) is 0. The van der Waals surface area contributed by atoms with Crippen LogP contribution in [0.1, 0.15) is 37.6 Å². The topological polar surface area (TPSA) is 83.6 Å². The number of nitrogens with zero attached hydrogens (tertiary/aromatic N) is 4. The van der Waals surface area contributed by atoms with Crippen LogP contribution in [0.5, 0.6) is 0 Å². The number of thioether (sulfide) groups is 1. The van der Waals surface area contributed by atoms with Gasteiger partial charge in [0.25, 0.3) is 0 Å². The lowest BCUT2D eigenvalue weighted by Gasteiger charge is -2.12. The molecule has 0 aromatic carbocycles. The van der Waals surface area contributed by atoms with E-state index in [-0.39, 0.29) is 11.2 Å². The summed E-state index contributed by atoms with van der Waals surface area (Å²) in [5.74, 6) is 0.891. The van der Waals surface area contributed by atoms with Crippen LogP contribution < -0.4 is 5.32 Å². The molecule has 3 rings (SSSR count). The van der Waals surface area contributed by atoms with E-state index < -0.39 is 0 Å². The number of carbonyl (C=O) groups is 1. The van der Waals surface area contributed by atoms with Crippen LogP contribution in [0.15, 0.2) is 16.6 Å². The number of aromatic nitrogens is 3. The minimum absolute atomic E-state index is 0.125. The molecule has 3 heterocycles. The molecule has 8 heteroatoms. The van der Waals surface area contributed by atoms with Crippen molar-refractivity contribution >= 4 is 34.0 Å². The molecule has 0 fully saturated rings. The van der Waals surface area contributed by atoms with Crippen LogP contribution in [0.3, 0.4) is 0 Å². The summed E-state index contributed by atoms with van der Waals surface area (Å²) in [6, 6.07) is 3.78. The third kappa shape index (κ3) is 3.57. The summed E-state index contributed by atoms with van der Waals surface area (Å²) in [6.07, 6.45) is 4.43. The third-order valence-corrected chi connectivity index (χ3v) is 5.66. The molecular weight excluding hydrogens is 330 g/mol. The first-order chi connectivity index (χ1) is 11.2. The fraction of sp³-hybridized carbons (Fsp3) is 0.467. The number of carbonyl (C=O) groups excluding carboxylic acids is 1. The van der Waals surface area contributed by atoms with Gasteiger partial charge >= 0.3 is 0 Å². The largest absolute Gasteiger partial charge is 0.316 e. The summed E-state index contributed by atoms with van der Waals surface area (Å²) >= 11 is 2.77. The van der Waals surface area contributed by atoms with E-state index in [4.69, 9.17) is 5.26 Å². The lowest BCUT2D eigenvalue weighted by Crippen LogP contribution is -2.22. The summed E-state index contributed by atoms with van der Waals surface area (Å²) in [5, 5.41) is 23.2. The van der Waals surface area contributed by atoms with E-state index in [2.05, 4.69) is 26.2 Å². The smallest absolute Gasteiger partial charge is 0.238 e. The molecule has 2 aromatic heterocycles. The Hall–Kier alpha value is -1.85. The number of aryl methyl sites for hydroxylation is 1. The molecule has 0 bridgehead atoms. The van der Waals surface area contributed by atoms with E-state index in [1.807, 2.05) is 6.92 Å². The standard InChI is InChI=1S/C15H17N5OS2/c1-10(13(21)17-14-11(9-16)6-8-22-14)23-15-19-18-12-5-3-2-4-7-20(12)15/h6,8,10H,2-5,7H2,1H3,(H,17,21)/t10-/m1/s1. The summed E-state index contributed by atoms with van der Waals surface area (Å²) in [4.78, 5) is 12.3. The Morgan fingerprint density at radius 3 is 3.17 bits per heavy atom. The van der Waals surface area contributed by atoms with Gasteiger partial charge in [-0.25, -0.2) is 0 Å². The second-order valence-electron chi connectivity index (χ2n) is 5.39. The molecule has 6 nitrogen and oxygen atoms in total. The highest BCUT2D eigenvalue weighted by Gasteiger charge is 2.22. The lowest BCUT2D eigenvalue weighted by atomic mass is 10.2. The fourth-order valence-corrected chi connectivity index (χ4v) is 4.10. The van der Waals surface area contributed by atoms with Gasteiger partial charge in [0.05, 0.1) is 10.8 Å². The number of fused-ring (bicyclic) bond motifs is 1. The first-order valence-corrected chi connectivity index (χ1v) is 9.32. The van der Waals surface area contributed by atoms with E-state index in [1.54, 1.807) is 11.4 Å². The quantitative estimate of drug-likeness (QED) is 0.859. The zero-order chi connectivity index (χ0) is 16.2. The molecule has 1 atom stereocenters. The molecule has 120 valence electrons. The molecule has 0 saturated heterocycles. The average molecular weight is 347 g/mol. The van der Waals surface area contributed by atoms with Crippen LogP contribution in [0, 0.1) is 11.3 Å². The second-order valence-corrected chi connectivity index (χ2v) is 7.61. The maximum absolute atomic E-state index is 12.3. The van der Waals surface area contributed by atoms with Gasteiger partial charge in [0.15, 0.2) is 5.16 Å². The number of amides is 1. The predicted molar refractivity (Wildman–Crippen MR) is 90.6 cm³/mol. The number of rotatable bonds is 4. The van der Waals surface area contributed by atoms with Crippen molar-refractivity contribution < 1.29 is 4.79 Å². The van der Waals surface area contributed by atoms with Crippen LogP contribution in [-0.2, 0) is 17.8 Å². The first-order valence-electron chi connectivity index (χ1n) is 7.56. The van der Waals surface area contributed by atoms with Crippen molar-refractivity contribution in [1.82, 2.24) is 14.8 Å². The van der Waals surface area contributed by atoms with E-state index in [1.165, 1.54) is 29.5 Å². The molecule has 1 aliphatic rings. The molecule has 2 aromatic rings. The highest BCUT2D eigenvalue weighted by molar-refractivity contribution is 8.00. The number of nitriles is 1. The van der Waals surface area contributed by atoms with Gasteiger partial charge in [0, 0.05) is 13.0 Å². The molecule has 0 radical (unpaired) electrons. The Bertz CT molecular complexity index is 745. The molecule has 0 spiro atoms. The highest BCUT2D eigenvalue weighted by atomic mass is 32.2. The highest BCUT2D eigenvalue weighted by Crippen LogP contribution is 2.27. The number of hydrogen-bond acceptors (Lipinski definition) is 6. The van der Waals surface area contributed by atoms with Crippen molar-refractivity contribution in [2.45, 2.75) is 49.6 Å². The average Bonchev–Trinajstić information content (AvgIpc) is 3.07. The van der Waals surface area contributed by atoms with Crippen molar-refractivity contribution in [1.29, 1.82) is 5.26 Å². The summed E-state index contributed by atoms with van der Waals surface area (Å²) < 4.78 is 2.13. The normalized spacial score (nSPS) is 15.3. The van der Waals surface area contributed by atoms with Crippen molar-refractivity contribution in [3.63, 3.8) is 0 Å². The molecular formula is C15H17N5OS2. The Kier molecular flexibility index (Phi) is 4.98. The SMILES string of the molecule is C[C@@H](Sc1nnc2n1CCCCC2)C(=O)Nc1sccc1C#N.